The summed E-state index contributed by atoms with van der Waals surface area (Å²) < 4.78 is 6.35. The first-order valence-electron chi connectivity index (χ1n) is 6.85. The first kappa shape index (κ1) is 15.4. The van der Waals surface area contributed by atoms with Crippen LogP contribution in [0.3, 0.4) is 0 Å². The van der Waals surface area contributed by atoms with E-state index in [2.05, 4.69) is 11.2 Å². The smallest absolute Gasteiger partial charge is 0.272 e. The van der Waals surface area contributed by atoms with E-state index < -0.39 is 0 Å². The van der Waals surface area contributed by atoms with E-state index in [9.17, 15) is 9.90 Å². The van der Waals surface area contributed by atoms with Crippen LogP contribution < -0.4 is 5.56 Å². The van der Waals surface area contributed by atoms with E-state index in [4.69, 9.17) is 4.74 Å². The summed E-state index contributed by atoms with van der Waals surface area (Å²) >= 11 is 0. The second-order valence-electron chi connectivity index (χ2n) is 5.05. The third-order valence-electron chi connectivity index (χ3n) is 3.38. The van der Waals surface area contributed by atoms with E-state index in [0.29, 0.717) is 24.4 Å². The summed E-state index contributed by atoms with van der Waals surface area (Å²) in [7, 11) is 1.58. The molecule has 1 N–H and O–H groups in total. The number of nitrogens with zero attached hydrogens (tertiary/aromatic N) is 2. The molecule has 21 heavy (non-hydrogen) atoms. The van der Waals surface area contributed by atoms with Gasteiger partial charge in [0.1, 0.15) is 0 Å². The highest BCUT2D eigenvalue weighted by molar-refractivity contribution is 5.64. The Morgan fingerprint density at radius 1 is 1.29 bits per heavy atom. The molecule has 0 amide bonds. The Morgan fingerprint density at radius 3 is 2.67 bits per heavy atom. The molecule has 0 aliphatic carbocycles. The Labute approximate surface area is 123 Å². The molecule has 0 spiro atoms. The number of benzene rings is 1. The van der Waals surface area contributed by atoms with Gasteiger partial charge in [-0.3, -0.25) is 4.79 Å². The number of aryl methyl sites for hydroxylation is 2. The predicted octanol–water partition coefficient (Wildman–Crippen LogP) is 1.67. The maximum Gasteiger partial charge on any atom is 0.272 e. The number of hydrogen-bond donors (Lipinski definition) is 1. The van der Waals surface area contributed by atoms with Crippen LogP contribution >= 0.6 is 0 Å². The van der Waals surface area contributed by atoms with Crippen LogP contribution in [0, 0.1) is 13.8 Å². The molecule has 2 rings (SSSR count). The zero-order chi connectivity index (χ0) is 15.4. The van der Waals surface area contributed by atoms with Gasteiger partial charge in [-0.25, -0.2) is 4.68 Å². The largest absolute Gasteiger partial charge is 0.391 e. The van der Waals surface area contributed by atoms with Gasteiger partial charge in [0.25, 0.3) is 5.56 Å². The molecular weight excluding hydrogens is 268 g/mol. The molecule has 0 aliphatic heterocycles. The molecule has 1 aromatic heterocycles. The van der Waals surface area contributed by atoms with E-state index in [1.165, 1.54) is 10.2 Å². The number of methoxy groups -OCH3 is 1. The van der Waals surface area contributed by atoms with Gasteiger partial charge in [-0.1, -0.05) is 23.8 Å². The van der Waals surface area contributed by atoms with Gasteiger partial charge in [-0.05, 0) is 25.5 Å². The summed E-state index contributed by atoms with van der Waals surface area (Å²) in [5.41, 5.74) is 3.97. The van der Waals surface area contributed by atoms with Crippen molar-refractivity contribution >= 4 is 0 Å². The standard InChI is InChI=1S/C16H20N2O3/c1-11-4-5-14(12(2)8-11)15-9-13(10-19)16(20)18(17-15)6-7-21-3/h4-5,8-9,19H,6-7,10H2,1-3H3. The van der Waals surface area contributed by atoms with Crippen molar-refractivity contribution in [2.24, 2.45) is 0 Å². The highest BCUT2D eigenvalue weighted by Gasteiger charge is 2.11. The van der Waals surface area contributed by atoms with Crippen molar-refractivity contribution in [3.8, 4) is 11.3 Å². The van der Waals surface area contributed by atoms with Gasteiger partial charge in [-0.2, -0.15) is 5.10 Å². The fourth-order valence-electron chi connectivity index (χ4n) is 2.27. The Kier molecular flexibility index (Phi) is 4.88. The summed E-state index contributed by atoms with van der Waals surface area (Å²) in [6.45, 7) is 4.50. The molecule has 0 aliphatic rings. The molecule has 5 heteroatoms. The Hall–Kier alpha value is -1.98. The van der Waals surface area contributed by atoms with Crippen molar-refractivity contribution in [3.05, 3.63) is 51.3 Å². The lowest BCUT2D eigenvalue weighted by atomic mass is 10.0. The molecule has 0 saturated carbocycles. The number of hydrogen-bond acceptors (Lipinski definition) is 4. The normalized spacial score (nSPS) is 10.9. The molecule has 5 nitrogen and oxygen atoms in total. The molecule has 0 radical (unpaired) electrons. The van der Waals surface area contributed by atoms with E-state index in [1.807, 2.05) is 26.0 Å². The van der Waals surface area contributed by atoms with E-state index in [1.54, 1.807) is 13.2 Å². The van der Waals surface area contributed by atoms with Crippen molar-refractivity contribution in [3.63, 3.8) is 0 Å². The molecule has 0 bridgehead atoms. The number of ether oxygens (including phenoxy) is 1. The van der Waals surface area contributed by atoms with Crippen LogP contribution in [0.1, 0.15) is 16.7 Å². The van der Waals surface area contributed by atoms with Crippen molar-refractivity contribution in [1.82, 2.24) is 9.78 Å². The van der Waals surface area contributed by atoms with Crippen LogP contribution in [0.4, 0.5) is 0 Å². The van der Waals surface area contributed by atoms with Gasteiger partial charge in [0, 0.05) is 18.2 Å². The fourth-order valence-corrected chi connectivity index (χ4v) is 2.27. The highest BCUT2D eigenvalue weighted by atomic mass is 16.5. The molecule has 0 saturated heterocycles. The zero-order valence-corrected chi connectivity index (χ0v) is 12.6. The minimum atomic E-state index is -0.299. The van der Waals surface area contributed by atoms with Crippen LogP contribution in [0.2, 0.25) is 0 Å². The summed E-state index contributed by atoms with van der Waals surface area (Å²) in [6.07, 6.45) is 0. The molecule has 0 atom stereocenters. The van der Waals surface area contributed by atoms with Crippen LogP contribution in [-0.4, -0.2) is 28.6 Å². The van der Waals surface area contributed by atoms with Crippen LogP contribution in [0.15, 0.2) is 29.1 Å². The predicted molar refractivity (Wildman–Crippen MR) is 81.2 cm³/mol. The first-order chi connectivity index (χ1) is 10.1. The fraction of sp³-hybridized carbons (Fsp3) is 0.375. The molecule has 0 fully saturated rings. The third kappa shape index (κ3) is 3.37. The lowest BCUT2D eigenvalue weighted by Gasteiger charge is -2.11. The average Bonchev–Trinajstić information content (AvgIpc) is 2.46. The topological polar surface area (TPSA) is 64.3 Å². The van der Waals surface area contributed by atoms with E-state index in [0.717, 1.165) is 11.1 Å². The number of aliphatic hydroxyl groups is 1. The van der Waals surface area contributed by atoms with Crippen molar-refractivity contribution in [1.29, 1.82) is 0 Å². The molecular formula is C16H20N2O3. The Bertz CT molecular complexity index is 692. The summed E-state index contributed by atoms with van der Waals surface area (Å²) in [6, 6.07) is 7.72. The van der Waals surface area contributed by atoms with Gasteiger partial charge in [0.05, 0.1) is 25.5 Å². The SMILES string of the molecule is COCCn1nc(-c2ccc(C)cc2C)cc(CO)c1=O. The second kappa shape index (κ2) is 6.65. The van der Waals surface area contributed by atoms with Crippen LogP contribution in [-0.2, 0) is 17.9 Å². The Balaban J connectivity index is 2.55. The number of rotatable bonds is 5. The highest BCUT2D eigenvalue weighted by Crippen LogP contribution is 2.22. The van der Waals surface area contributed by atoms with Crippen LogP contribution in [0.5, 0.6) is 0 Å². The van der Waals surface area contributed by atoms with Gasteiger partial charge in [0.2, 0.25) is 0 Å². The van der Waals surface area contributed by atoms with Crippen molar-refractivity contribution in [2.45, 2.75) is 27.0 Å². The first-order valence-corrected chi connectivity index (χ1v) is 6.85. The van der Waals surface area contributed by atoms with Crippen LogP contribution in [0.25, 0.3) is 11.3 Å². The Morgan fingerprint density at radius 2 is 2.05 bits per heavy atom. The van der Waals surface area contributed by atoms with Gasteiger partial charge in [-0.15, -0.1) is 0 Å². The van der Waals surface area contributed by atoms with E-state index in [-0.39, 0.29) is 12.2 Å². The molecule has 0 unspecified atom stereocenters. The molecule has 112 valence electrons. The third-order valence-corrected chi connectivity index (χ3v) is 3.38. The van der Waals surface area contributed by atoms with Gasteiger partial charge >= 0.3 is 0 Å². The minimum Gasteiger partial charge on any atom is -0.391 e. The number of aromatic nitrogens is 2. The lowest BCUT2D eigenvalue weighted by Crippen LogP contribution is -2.28. The summed E-state index contributed by atoms with van der Waals surface area (Å²) in [4.78, 5) is 12.1. The molecule has 2 aromatic rings. The zero-order valence-electron chi connectivity index (χ0n) is 12.6. The van der Waals surface area contributed by atoms with E-state index >= 15 is 0 Å². The molecule has 1 heterocycles. The molecule has 1 aromatic carbocycles. The van der Waals surface area contributed by atoms with Crippen molar-refractivity contribution < 1.29 is 9.84 Å². The number of aliphatic hydroxyl groups excluding tert-OH is 1. The van der Waals surface area contributed by atoms with Gasteiger partial charge in [0.15, 0.2) is 0 Å². The summed E-state index contributed by atoms with van der Waals surface area (Å²) in [5.74, 6) is 0. The monoisotopic (exact) mass is 288 g/mol. The maximum atomic E-state index is 12.1. The minimum absolute atomic E-state index is 0.275. The second-order valence-corrected chi connectivity index (χ2v) is 5.05. The van der Waals surface area contributed by atoms with Crippen molar-refractivity contribution in [2.75, 3.05) is 13.7 Å². The quantitative estimate of drug-likeness (QED) is 0.909. The maximum absolute atomic E-state index is 12.1. The lowest BCUT2D eigenvalue weighted by molar-refractivity contribution is 0.181. The summed E-state index contributed by atoms with van der Waals surface area (Å²) in [5, 5.41) is 13.8. The average molecular weight is 288 g/mol. The van der Waals surface area contributed by atoms with Gasteiger partial charge < -0.3 is 9.84 Å².